The SMILES string of the molecule is COc1cccc(OC)c1OCC(O)CNC(=O)c1cc([N+](=O)[O-])ccc1Oc1ccccc1. The van der Waals surface area contributed by atoms with E-state index in [9.17, 15) is 20.0 Å². The van der Waals surface area contributed by atoms with Crippen molar-refractivity contribution in [2.24, 2.45) is 0 Å². The van der Waals surface area contributed by atoms with Crippen molar-refractivity contribution >= 4 is 11.6 Å². The number of para-hydroxylation sites is 2. The number of methoxy groups -OCH3 is 2. The molecule has 178 valence electrons. The smallest absolute Gasteiger partial charge is 0.270 e. The molecule has 1 amide bonds. The van der Waals surface area contributed by atoms with Crippen LogP contribution in [0.5, 0.6) is 28.7 Å². The van der Waals surface area contributed by atoms with Gasteiger partial charge in [0.05, 0.1) is 24.7 Å². The van der Waals surface area contributed by atoms with Crippen molar-refractivity contribution in [3.63, 3.8) is 0 Å². The third kappa shape index (κ3) is 6.14. The van der Waals surface area contributed by atoms with Crippen LogP contribution in [0.1, 0.15) is 10.4 Å². The number of hydrogen-bond acceptors (Lipinski definition) is 8. The first-order chi connectivity index (χ1) is 16.4. The predicted molar refractivity (Wildman–Crippen MR) is 123 cm³/mol. The van der Waals surface area contributed by atoms with E-state index in [4.69, 9.17) is 18.9 Å². The molecule has 1 atom stereocenters. The van der Waals surface area contributed by atoms with Crippen LogP contribution in [0.15, 0.2) is 66.7 Å². The highest BCUT2D eigenvalue weighted by atomic mass is 16.6. The van der Waals surface area contributed by atoms with Crippen LogP contribution in [0.25, 0.3) is 0 Å². The number of aliphatic hydroxyl groups excluding tert-OH is 1. The minimum absolute atomic E-state index is 0.0439. The summed E-state index contributed by atoms with van der Waals surface area (Å²) in [4.78, 5) is 23.4. The first-order valence-corrected chi connectivity index (χ1v) is 10.2. The van der Waals surface area contributed by atoms with E-state index in [2.05, 4.69) is 5.32 Å². The van der Waals surface area contributed by atoms with Crippen LogP contribution in [0, 0.1) is 10.1 Å². The van der Waals surface area contributed by atoms with Gasteiger partial charge in [0.2, 0.25) is 5.75 Å². The van der Waals surface area contributed by atoms with Crippen molar-refractivity contribution in [2.75, 3.05) is 27.4 Å². The van der Waals surface area contributed by atoms with Crippen LogP contribution in [-0.2, 0) is 0 Å². The van der Waals surface area contributed by atoms with Gasteiger partial charge in [-0.3, -0.25) is 14.9 Å². The number of nitrogens with one attached hydrogen (secondary N) is 1. The van der Waals surface area contributed by atoms with E-state index in [0.717, 1.165) is 6.07 Å². The van der Waals surface area contributed by atoms with Crippen molar-refractivity contribution in [1.82, 2.24) is 5.32 Å². The Kier molecular flexibility index (Phi) is 8.25. The van der Waals surface area contributed by atoms with E-state index in [-0.39, 0.29) is 30.2 Å². The molecule has 0 aliphatic heterocycles. The maximum atomic E-state index is 12.8. The molecule has 0 saturated heterocycles. The number of ether oxygens (including phenoxy) is 4. The number of nitro benzene ring substituents is 1. The van der Waals surface area contributed by atoms with E-state index >= 15 is 0 Å². The molecular formula is C24H24N2O8. The van der Waals surface area contributed by atoms with E-state index in [0.29, 0.717) is 23.0 Å². The Morgan fingerprint density at radius 1 is 1.00 bits per heavy atom. The number of rotatable bonds is 11. The van der Waals surface area contributed by atoms with Crippen molar-refractivity contribution in [3.05, 3.63) is 82.4 Å². The molecule has 34 heavy (non-hydrogen) atoms. The van der Waals surface area contributed by atoms with Crippen molar-refractivity contribution in [3.8, 4) is 28.7 Å². The molecule has 1 unspecified atom stereocenters. The van der Waals surface area contributed by atoms with Gasteiger partial charge in [-0.25, -0.2) is 0 Å². The molecule has 0 fully saturated rings. The summed E-state index contributed by atoms with van der Waals surface area (Å²) in [7, 11) is 2.96. The summed E-state index contributed by atoms with van der Waals surface area (Å²) in [5.41, 5.74) is -0.310. The van der Waals surface area contributed by atoms with Crippen LogP contribution in [0.2, 0.25) is 0 Å². The molecule has 0 saturated carbocycles. The van der Waals surface area contributed by atoms with Crippen molar-refractivity contribution in [1.29, 1.82) is 0 Å². The van der Waals surface area contributed by atoms with Crippen LogP contribution < -0.4 is 24.3 Å². The van der Waals surface area contributed by atoms with Gasteiger partial charge in [-0.15, -0.1) is 0 Å². The Balaban J connectivity index is 1.68. The molecule has 3 aromatic carbocycles. The van der Waals surface area contributed by atoms with Gasteiger partial charge in [-0.05, 0) is 30.3 Å². The summed E-state index contributed by atoms with van der Waals surface area (Å²) in [5, 5.41) is 24.1. The zero-order valence-corrected chi connectivity index (χ0v) is 18.6. The van der Waals surface area contributed by atoms with Gasteiger partial charge < -0.3 is 29.4 Å². The standard InChI is InChI=1S/C24H24N2O8/c1-31-21-9-6-10-22(32-2)23(21)33-15-17(27)14-25-24(28)19-13-16(26(29)30)11-12-20(19)34-18-7-4-3-5-8-18/h3-13,17,27H,14-15H2,1-2H3,(H,25,28). The first-order valence-electron chi connectivity index (χ1n) is 10.2. The molecule has 0 aromatic heterocycles. The van der Waals surface area contributed by atoms with Gasteiger partial charge in [0.1, 0.15) is 24.2 Å². The molecule has 0 spiro atoms. The fraction of sp³-hybridized carbons (Fsp3) is 0.208. The van der Waals surface area contributed by atoms with Crippen molar-refractivity contribution in [2.45, 2.75) is 6.10 Å². The quantitative estimate of drug-likeness (QED) is 0.323. The molecule has 0 bridgehead atoms. The largest absolute Gasteiger partial charge is 0.493 e. The Bertz CT molecular complexity index is 1110. The Labute approximate surface area is 195 Å². The van der Waals surface area contributed by atoms with E-state index in [1.54, 1.807) is 48.5 Å². The fourth-order valence-corrected chi connectivity index (χ4v) is 3.02. The number of carbonyl (C=O) groups excluding carboxylic acids is 1. The number of benzene rings is 3. The van der Waals surface area contributed by atoms with Crippen LogP contribution in [0.4, 0.5) is 5.69 Å². The Hall–Kier alpha value is -4.31. The lowest BCUT2D eigenvalue weighted by atomic mass is 10.1. The molecular weight excluding hydrogens is 444 g/mol. The minimum Gasteiger partial charge on any atom is -0.493 e. The van der Waals surface area contributed by atoms with Crippen LogP contribution in [0.3, 0.4) is 0 Å². The molecule has 3 aromatic rings. The third-order valence-electron chi connectivity index (χ3n) is 4.69. The predicted octanol–water partition coefficient (Wildman–Crippen LogP) is 3.57. The van der Waals surface area contributed by atoms with Gasteiger partial charge in [0.25, 0.3) is 11.6 Å². The second kappa shape index (κ2) is 11.5. The number of amides is 1. The number of non-ortho nitro benzene ring substituents is 1. The van der Waals surface area contributed by atoms with E-state index in [1.165, 1.54) is 26.4 Å². The molecule has 0 heterocycles. The summed E-state index contributed by atoms with van der Waals surface area (Å²) < 4.78 is 21.9. The lowest BCUT2D eigenvalue weighted by Crippen LogP contribution is -2.35. The normalized spacial score (nSPS) is 11.3. The zero-order chi connectivity index (χ0) is 24.5. The highest BCUT2D eigenvalue weighted by Gasteiger charge is 2.20. The van der Waals surface area contributed by atoms with E-state index in [1.807, 2.05) is 0 Å². The molecule has 3 rings (SSSR count). The van der Waals surface area contributed by atoms with Gasteiger partial charge in [0.15, 0.2) is 11.5 Å². The maximum absolute atomic E-state index is 12.8. The monoisotopic (exact) mass is 468 g/mol. The summed E-state index contributed by atoms with van der Waals surface area (Å²) in [6.07, 6.45) is -1.09. The molecule has 10 nitrogen and oxygen atoms in total. The lowest BCUT2D eigenvalue weighted by molar-refractivity contribution is -0.384. The lowest BCUT2D eigenvalue weighted by Gasteiger charge is -2.17. The second-order valence-corrected chi connectivity index (χ2v) is 7.02. The van der Waals surface area contributed by atoms with Gasteiger partial charge >= 0.3 is 0 Å². The highest BCUT2D eigenvalue weighted by molar-refractivity contribution is 5.97. The minimum atomic E-state index is -1.09. The zero-order valence-electron chi connectivity index (χ0n) is 18.6. The summed E-state index contributed by atoms with van der Waals surface area (Å²) in [6.45, 7) is -0.344. The Morgan fingerprint density at radius 2 is 1.68 bits per heavy atom. The van der Waals surface area contributed by atoms with E-state index < -0.39 is 16.9 Å². The number of nitrogens with zero attached hydrogens (tertiary/aromatic N) is 1. The molecule has 0 radical (unpaired) electrons. The summed E-state index contributed by atoms with van der Waals surface area (Å²) in [5.74, 6) is 1.12. The number of hydrogen-bond donors (Lipinski definition) is 2. The molecule has 2 N–H and O–H groups in total. The van der Waals surface area contributed by atoms with Crippen LogP contribution in [-0.4, -0.2) is 49.4 Å². The summed E-state index contributed by atoms with van der Waals surface area (Å²) >= 11 is 0. The molecule has 0 aliphatic carbocycles. The van der Waals surface area contributed by atoms with Gasteiger partial charge in [-0.2, -0.15) is 0 Å². The van der Waals surface area contributed by atoms with Crippen molar-refractivity contribution < 1.29 is 33.8 Å². The number of nitro groups is 1. The topological polar surface area (TPSA) is 129 Å². The average molecular weight is 468 g/mol. The van der Waals surface area contributed by atoms with Gasteiger partial charge in [0, 0.05) is 18.7 Å². The maximum Gasteiger partial charge on any atom is 0.270 e. The highest BCUT2D eigenvalue weighted by Crippen LogP contribution is 2.36. The number of carbonyl (C=O) groups is 1. The Morgan fingerprint density at radius 3 is 2.29 bits per heavy atom. The summed E-state index contributed by atoms with van der Waals surface area (Å²) in [6, 6.07) is 17.5. The van der Waals surface area contributed by atoms with Crippen LogP contribution >= 0.6 is 0 Å². The molecule has 10 heteroatoms. The van der Waals surface area contributed by atoms with Gasteiger partial charge in [-0.1, -0.05) is 24.3 Å². The fourth-order valence-electron chi connectivity index (χ4n) is 3.02. The third-order valence-corrected chi connectivity index (χ3v) is 4.69. The average Bonchev–Trinajstić information content (AvgIpc) is 2.86. The molecule has 0 aliphatic rings. The first kappa shape index (κ1) is 24.3. The second-order valence-electron chi connectivity index (χ2n) is 7.02. The number of aliphatic hydroxyl groups is 1.